The molecule has 142 valence electrons. The number of para-hydroxylation sites is 1. The summed E-state index contributed by atoms with van der Waals surface area (Å²) in [5.41, 5.74) is 3.39. The van der Waals surface area contributed by atoms with Crippen LogP contribution in [-0.4, -0.2) is 10.9 Å². The molecule has 4 nitrogen and oxygen atoms in total. The number of carbonyl (C=O) groups excluding carboxylic acids is 1. The second kappa shape index (κ2) is 7.18. The molecule has 3 aromatic carbocycles. The fourth-order valence-corrected chi connectivity index (χ4v) is 4.47. The summed E-state index contributed by atoms with van der Waals surface area (Å²) in [6, 6.07) is 21.8. The van der Waals surface area contributed by atoms with Crippen molar-refractivity contribution >= 4 is 49.8 Å². The minimum atomic E-state index is -0.0406. The van der Waals surface area contributed by atoms with Gasteiger partial charge in [0.25, 0.3) is 0 Å². The first-order chi connectivity index (χ1) is 14.2. The number of rotatable bonds is 4. The van der Waals surface area contributed by atoms with Gasteiger partial charge >= 0.3 is 0 Å². The fraction of sp³-hybridized carbons (Fsp3) is 0.0833. The van der Waals surface area contributed by atoms with Crippen molar-refractivity contribution in [2.75, 3.05) is 4.90 Å². The van der Waals surface area contributed by atoms with Crippen LogP contribution in [0.15, 0.2) is 82.8 Å². The second-order valence-corrected chi connectivity index (χ2v) is 7.77. The molecule has 2 heterocycles. The van der Waals surface area contributed by atoms with Crippen molar-refractivity contribution in [2.24, 2.45) is 0 Å². The lowest BCUT2D eigenvalue weighted by atomic mass is 10.0. The van der Waals surface area contributed by atoms with Gasteiger partial charge in [-0.3, -0.25) is 9.69 Å². The average Bonchev–Trinajstić information content (AvgIpc) is 3.35. The molecule has 5 rings (SSSR count). The van der Waals surface area contributed by atoms with Gasteiger partial charge in [0, 0.05) is 16.3 Å². The van der Waals surface area contributed by atoms with Gasteiger partial charge in [0.1, 0.15) is 5.58 Å². The van der Waals surface area contributed by atoms with Crippen molar-refractivity contribution in [3.05, 3.63) is 89.6 Å². The van der Waals surface area contributed by atoms with Crippen molar-refractivity contribution in [3.8, 4) is 0 Å². The molecule has 0 aliphatic heterocycles. The Hall–Kier alpha value is -3.44. The molecular weight excluding hydrogens is 380 g/mol. The van der Waals surface area contributed by atoms with Crippen molar-refractivity contribution in [1.29, 1.82) is 0 Å². The maximum atomic E-state index is 13.5. The van der Waals surface area contributed by atoms with E-state index >= 15 is 0 Å². The van der Waals surface area contributed by atoms with Crippen LogP contribution < -0.4 is 4.90 Å². The van der Waals surface area contributed by atoms with Gasteiger partial charge in [-0.1, -0.05) is 48.5 Å². The van der Waals surface area contributed by atoms with E-state index in [1.807, 2.05) is 66.9 Å². The Bertz CT molecular complexity index is 1320. The molecule has 0 unspecified atom stereocenters. The molecule has 0 spiro atoms. The lowest BCUT2D eigenvalue weighted by Crippen LogP contribution is -2.27. The van der Waals surface area contributed by atoms with Gasteiger partial charge in [0.2, 0.25) is 5.91 Å². The number of benzene rings is 3. The molecule has 1 amide bonds. The van der Waals surface area contributed by atoms with E-state index in [9.17, 15) is 4.79 Å². The molecular formula is C24H18N2O2S. The van der Waals surface area contributed by atoms with Crippen LogP contribution in [-0.2, 0) is 11.2 Å². The molecule has 0 fully saturated rings. The van der Waals surface area contributed by atoms with Gasteiger partial charge in [0.15, 0.2) is 5.13 Å². The lowest BCUT2D eigenvalue weighted by Gasteiger charge is -2.20. The topological polar surface area (TPSA) is 46.3 Å². The summed E-state index contributed by atoms with van der Waals surface area (Å²) in [6.07, 6.45) is 1.93. The molecule has 0 aliphatic carbocycles. The van der Waals surface area contributed by atoms with Gasteiger partial charge in [0.05, 0.1) is 24.1 Å². The minimum absolute atomic E-state index is 0.0406. The largest absolute Gasteiger partial charge is 0.464 e. The normalized spacial score (nSPS) is 11.2. The Morgan fingerprint density at radius 2 is 1.83 bits per heavy atom. The van der Waals surface area contributed by atoms with Crippen LogP contribution in [0.2, 0.25) is 0 Å². The van der Waals surface area contributed by atoms with Crippen molar-refractivity contribution < 1.29 is 9.21 Å². The third-order valence-electron chi connectivity index (χ3n) is 4.94. The van der Waals surface area contributed by atoms with Gasteiger partial charge in [-0.05, 0) is 35.9 Å². The summed E-state index contributed by atoms with van der Waals surface area (Å²) in [7, 11) is 0. The van der Waals surface area contributed by atoms with E-state index in [1.54, 1.807) is 11.2 Å². The number of amides is 1. The molecule has 0 radical (unpaired) electrons. The van der Waals surface area contributed by atoms with Gasteiger partial charge in [-0.2, -0.15) is 0 Å². The van der Waals surface area contributed by atoms with Crippen LogP contribution in [0.1, 0.15) is 11.3 Å². The Labute approximate surface area is 172 Å². The second-order valence-electron chi connectivity index (χ2n) is 6.93. The summed E-state index contributed by atoms with van der Waals surface area (Å²) >= 11 is 1.47. The van der Waals surface area contributed by atoms with E-state index in [1.165, 1.54) is 11.3 Å². The SMILES string of the molecule is Cc1csc(N(C(=O)Cc2coc3ccc4ccccc4c23)c2ccccc2)n1. The van der Waals surface area contributed by atoms with Crippen molar-refractivity contribution in [3.63, 3.8) is 0 Å². The summed E-state index contributed by atoms with van der Waals surface area (Å²) in [5.74, 6) is -0.0406. The van der Waals surface area contributed by atoms with Crippen molar-refractivity contribution in [2.45, 2.75) is 13.3 Å². The molecule has 0 N–H and O–H groups in total. The number of aromatic nitrogens is 1. The van der Waals surface area contributed by atoms with Crippen LogP contribution in [0.5, 0.6) is 0 Å². The summed E-state index contributed by atoms with van der Waals surface area (Å²) in [4.78, 5) is 19.7. The summed E-state index contributed by atoms with van der Waals surface area (Å²) < 4.78 is 5.77. The van der Waals surface area contributed by atoms with E-state index in [4.69, 9.17) is 4.42 Å². The number of thiazole rings is 1. The molecule has 5 heteroatoms. The number of hydrogen-bond donors (Lipinski definition) is 0. The number of anilines is 2. The van der Waals surface area contributed by atoms with E-state index in [-0.39, 0.29) is 12.3 Å². The highest BCUT2D eigenvalue weighted by molar-refractivity contribution is 7.14. The predicted molar refractivity (Wildman–Crippen MR) is 118 cm³/mol. The molecule has 0 aliphatic rings. The Balaban J connectivity index is 1.58. The van der Waals surface area contributed by atoms with Crippen molar-refractivity contribution in [1.82, 2.24) is 4.98 Å². The highest BCUT2D eigenvalue weighted by Gasteiger charge is 2.23. The monoisotopic (exact) mass is 398 g/mol. The molecule has 0 atom stereocenters. The molecule has 0 saturated heterocycles. The predicted octanol–water partition coefficient (Wildman–Crippen LogP) is 6.26. The van der Waals surface area contributed by atoms with Crippen LogP contribution in [0.4, 0.5) is 10.8 Å². The first kappa shape index (κ1) is 17.6. The van der Waals surface area contributed by atoms with E-state index in [0.717, 1.165) is 38.7 Å². The van der Waals surface area contributed by atoms with E-state index in [0.29, 0.717) is 5.13 Å². The lowest BCUT2D eigenvalue weighted by molar-refractivity contribution is -0.117. The van der Waals surface area contributed by atoms with Gasteiger partial charge < -0.3 is 4.42 Å². The Morgan fingerprint density at radius 1 is 1.03 bits per heavy atom. The minimum Gasteiger partial charge on any atom is -0.464 e. The van der Waals surface area contributed by atoms with Crippen LogP contribution in [0, 0.1) is 6.92 Å². The zero-order valence-electron chi connectivity index (χ0n) is 15.8. The maximum absolute atomic E-state index is 13.5. The number of nitrogens with zero attached hydrogens (tertiary/aromatic N) is 2. The van der Waals surface area contributed by atoms with Crippen LogP contribution >= 0.6 is 11.3 Å². The number of fused-ring (bicyclic) bond motifs is 3. The van der Waals surface area contributed by atoms with E-state index in [2.05, 4.69) is 17.1 Å². The Morgan fingerprint density at radius 3 is 2.62 bits per heavy atom. The van der Waals surface area contributed by atoms with Gasteiger partial charge in [-0.25, -0.2) is 4.98 Å². The van der Waals surface area contributed by atoms with Gasteiger partial charge in [-0.15, -0.1) is 11.3 Å². The molecule has 2 aromatic heterocycles. The number of hydrogen-bond acceptors (Lipinski definition) is 4. The summed E-state index contributed by atoms with van der Waals surface area (Å²) in [5, 5.41) is 5.86. The zero-order valence-corrected chi connectivity index (χ0v) is 16.6. The quantitative estimate of drug-likeness (QED) is 0.359. The third-order valence-corrected chi connectivity index (χ3v) is 5.89. The highest BCUT2D eigenvalue weighted by Crippen LogP contribution is 2.33. The molecule has 29 heavy (non-hydrogen) atoms. The first-order valence-corrected chi connectivity index (χ1v) is 10.3. The van der Waals surface area contributed by atoms with Crippen LogP contribution in [0.25, 0.3) is 21.7 Å². The zero-order chi connectivity index (χ0) is 19.8. The van der Waals surface area contributed by atoms with Crippen LogP contribution in [0.3, 0.4) is 0 Å². The first-order valence-electron chi connectivity index (χ1n) is 9.38. The van der Waals surface area contributed by atoms with E-state index < -0.39 is 0 Å². The molecule has 0 bridgehead atoms. The number of furan rings is 1. The molecule has 0 saturated carbocycles. The standard InChI is InChI=1S/C24H18N2O2S/c1-16-15-29-24(25-16)26(19-8-3-2-4-9-19)22(27)13-18-14-28-21-12-11-17-7-5-6-10-20(17)23(18)21/h2-12,14-15H,13H2,1H3. The Kier molecular flexibility index (Phi) is 4.37. The third kappa shape index (κ3) is 3.19. The summed E-state index contributed by atoms with van der Waals surface area (Å²) in [6.45, 7) is 1.93. The average molecular weight is 398 g/mol. The maximum Gasteiger partial charge on any atom is 0.237 e. The molecule has 5 aromatic rings. The number of carbonyl (C=O) groups is 1. The smallest absolute Gasteiger partial charge is 0.237 e. The highest BCUT2D eigenvalue weighted by atomic mass is 32.1. The number of aryl methyl sites for hydroxylation is 1. The fourth-order valence-electron chi connectivity index (χ4n) is 3.63.